The largest absolute Gasteiger partial charge is 0.503 e. The number of methoxy groups -OCH3 is 2. The maximum absolute atomic E-state index is 11.8. The minimum atomic E-state index is -1.24. The molecule has 1 heterocycles. The number of rotatable bonds is 8. The third kappa shape index (κ3) is 5.11. The predicted octanol–water partition coefficient (Wildman–Crippen LogP) is 4.76. The van der Waals surface area contributed by atoms with Crippen LogP contribution in [0, 0.1) is 13.8 Å². The molecule has 0 saturated heterocycles. The zero-order chi connectivity index (χ0) is 22.4. The highest BCUT2D eigenvalue weighted by atomic mass is 16.5. The second-order valence-corrected chi connectivity index (χ2v) is 6.48. The molecule has 3 aromatic rings. The van der Waals surface area contributed by atoms with Crippen LogP contribution in [-0.2, 0) is 9.53 Å². The summed E-state index contributed by atoms with van der Waals surface area (Å²) in [5.41, 5.74) is 0.845. The molecule has 1 N–H and O–H groups in total. The Labute approximate surface area is 179 Å². The summed E-state index contributed by atoms with van der Waals surface area (Å²) in [6, 6.07) is 14.6. The Bertz CT molecular complexity index is 1130. The SMILES string of the molecule is CO/C=C(\C(=O)O)c1c(OC)nc(C)nc1Oc1cccc(Oc2ccccc2C)c1. The first-order valence-corrected chi connectivity index (χ1v) is 9.33. The van der Waals surface area contributed by atoms with E-state index in [0.29, 0.717) is 17.3 Å². The number of ether oxygens (including phenoxy) is 4. The summed E-state index contributed by atoms with van der Waals surface area (Å²) in [6.45, 7) is 3.60. The number of aliphatic carboxylic acids is 1. The molecule has 0 spiro atoms. The van der Waals surface area contributed by atoms with Gasteiger partial charge in [0.2, 0.25) is 11.8 Å². The molecule has 0 unspecified atom stereocenters. The first kappa shape index (κ1) is 21.6. The van der Waals surface area contributed by atoms with Crippen LogP contribution in [0.1, 0.15) is 17.0 Å². The van der Waals surface area contributed by atoms with Crippen LogP contribution < -0.4 is 14.2 Å². The van der Waals surface area contributed by atoms with Crippen molar-refractivity contribution in [3.8, 4) is 29.0 Å². The van der Waals surface area contributed by atoms with E-state index in [9.17, 15) is 9.90 Å². The second kappa shape index (κ2) is 9.62. The molecule has 1 aromatic heterocycles. The lowest BCUT2D eigenvalue weighted by Crippen LogP contribution is -2.08. The highest BCUT2D eigenvalue weighted by Gasteiger charge is 2.25. The van der Waals surface area contributed by atoms with Gasteiger partial charge in [0.05, 0.1) is 20.5 Å². The molecule has 0 saturated carbocycles. The van der Waals surface area contributed by atoms with E-state index in [4.69, 9.17) is 18.9 Å². The quantitative estimate of drug-likeness (QED) is 0.410. The molecular weight excluding hydrogens is 400 g/mol. The number of hydrogen-bond acceptors (Lipinski definition) is 7. The number of nitrogens with zero attached hydrogens (tertiary/aromatic N) is 2. The van der Waals surface area contributed by atoms with Gasteiger partial charge in [0.25, 0.3) is 0 Å². The lowest BCUT2D eigenvalue weighted by molar-refractivity contribution is -0.130. The second-order valence-electron chi connectivity index (χ2n) is 6.48. The van der Waals surface area contributed by atoms with Crippen LogP contribution in [-0.4, -0.2) is 35.3 Å². The molecule has 0 radical (unpaired) electrons. The van der Waals surface area contributed by atoms with Gasteiger partial charge in [0.15, 0.2) is 0 Å². The molecular formula is C23H22N2O6. The van der Waals surface area contributed by atoms with Gasteiger partial charge in [-0.05, 0) is 37.6 Å². The maximum Gasteiger partial charge on any atom is 0.339 e. The van der Waals surface area contributed by atoms with Gasteiger partial charge in [0, 0.05) is 6.07 Å². The van der Waals surface area contributed by atoms with Crippen molar-refractivity contribution in [2.75, 3.05) is 14.2 Å². The molecule has 2 aromatic carbocycles. The standard InChI is InChI=1S/C23H22N2O6/c1-14-8-5-6-11-19(14)30-16-9-7-10-17(12-16)31-22-20(18(13-28-3)23(26)27)21(29-4)24-15(2)25-22/h5-13H,1-4H3,(H,26,27)/b18-13-. The van der Waals surface area contributed by atoms with Gasteiger partial charge in [-0.15, -0.1) is 0 Å². The number of para-hydroxylation sites is 1. The zero-order valence-electron chi connectivity index (χ0n) is 17.6. The highest BCUT2D eigenvalue weighted by molar-refractivity contribution is 6.16. The van der Waals surface area contributed by atoms with Crippen molar-refractivity contribution in [1.82, 2.24) is 9.97 Å². The van der Waals surface area contributed by atoms with Crippen LogP contribution in [0.5, 0.6) is 29.0 Å². The zero-order valence-corrected chi connectivity index (χ0v) is 17.6. The Morgan fingerprint density at radius 3 is 2.26 bits per heavy atom. The number of aromatic nitrogens is 2. The van der Waals surface area contributed by atoms with Crippen LogP contribution >= 0.6 is 0 Å². The summed E-state index contributed by atoms with van der Waals surface area (Å²) in [5.74, 6) is 0.852. The number of carboxylic acid groups (broad SMARTS) is 1. The third-order valence-corrected chi connectivity index (χ3v) is 4.22. The van der Waals surface area contributed by atoms with E-state index in [1.165, 1.54) is 14.2 Å². The van der Waals surface area contributed by atoms with E-state index in [2.05, 4.69) is 9.97 Å². The molecule has 0 aliphatic carbocycles. The predicted molar refractivity (Wildman–Crippen MR) is 114 cm³/mol. The van der Waals surface area contributed by atoms with Crippen molar-refractivity contribution in [2.24, 2.45) is 0 Å². The number of carbonyl (C=O) groups is 1. The number of aryl methyl sites for hydroxylation is 2. The summed E-state index contributed by atoms with van der Waals surface area (Å²) < 4.78 is 22.1. The van der Waals surface area contributed by atoms with Gasteiger partial charge < -0.3 is 24.1 Å². The summed E-state index contributed by atoms with van der Waals surface area (Å²) in [6.07, 6.45) is 1.07. The van der Waals surface area contributed by atoms with E-state index in [-0.39, 0.29) is 22.9 Å². The molecule has 160 valence electrons. The third-order valence-electron chi connectivity index (χ3n) is 4.22. The number of benzene rings is 2. The fraction of sp³-hybridized carbons (Fsp3) is 0.174. The molecule has 3 rings (SSSR count). The van der Waals surface area contributed by atoms with Crippen molar-refractivity contribution < 1.29 is 28.8 Å². The first-order valence-electron chi connectivity index (χ1n) is 9.33. The van der Waals surface area contributed by atoms with Gasteiger partial charge in [-0.3, -0.25) is 0 Å². The Hall–Kier alpha value is -4.07. The molecule has 0 bridgehead atoms. The molecule has 0 aliphatic heterocycles. The van der Waals surface area contributed by atoms with Crippen molar-refractivity contribution in [2.45, 2.75) is 13.8 Å². The fourth-order valence-electron chi connectivity index (χ4n) is 2.82. The van der Waals surface area contributed by atoms with Gasteiger partial charge in [-0.2, -0.15) is 9.97 Å². The Balaban J connectivity index is 2.01. The van der Waals surface area contributed by atoms with Gasteiger partial charge >= 0.3 is 5.97 Å². The lowest BCUT2D eigenvalue weighted by Gasteiger charge is -2.15. The minimum Gasteiger partial charge on any atom is -0.503 e. The van der Waals surface area contributed by atoms with Gasteiger partial charge in [-0.25, -0.2) is 4.79 Å². The summed E-state index contributed by atoms with van der Waals surface area (Å²) in [7, 11) is 2.73. The Morgan fingerprint density at radius 2 is 1.61 bits per heavy atom. The molecule has 8 heteroatoms. The first-order chi connectivity index (χ1) is 14.9. The van der Waals surface area contributed by atoms with Gasteiger partial charge in [-0.1, -0.05) is 24.3 Å². The molecule has 31 heavy (non-hydrogen) atoms. The maximum atomic E-state index is 11.8. The average molecular weight is 422 g/mol. The summed E-state index contributed by atoms with van der Waals surface area (Å²) in [5, 5.41) is 9.64. The summed E-state index contributed by atoms with van der Waals surface area (Å²) >= 11 is 0. The number of carboxylic acids is 1. The molecule has 0 amide bonds. The normalized spacial score (nSPS) is 11.0. The fourth-order valence-corrected chi connectivity index (χ4v) is 2.82. The lowest BCUT2D eigenvalue weighted by atomic mass is 10.1. The van der Waals surface area contributed by atoms with Crippen molar-refractivity contribution in [3.05, 3.63) is 71.7 Å². The smallest absolute Gasteiger partial charge is 0.339 e. The molecule has 8 nitrogen and oxygen atoms in total. The Morgan fingerprint density at radius 1 is 0.935 bits per heavy atom. The molecule has 0 fully saturated rings. The van der Waals surface area contributed by atoms with E-state index < -0.39 is 5.97 Å². The van der Waals surface area contributed by atoms with E-state index in [1.54, 1.807) is 31.2 Å². The van der Waals surface area contributed by atoms with Crippen LogP contribution in [0.4, 0.5) is 0 Å². The van der Waals surface area contributed by atoms with Crippen LogP contribution in [0.25, 0.3) is 5.57 Å². The van der Waals surface area contributed by atoms with E-state index >= 15 is 0 Å². The van der Waals surface area contributed by atoms with Crippen molar-refractivity contribution >= 4 is 11.5 Å². The monoisotopic (exact) mass is 422 g/mol. The van der Waals surface area contributed by atoms with Crippen molar-refractivity contribution in [1.29, 1.82) is 0 Å². The molecule has 0 aliphatic rings. The number of hydrogen-bond donors (Lipinski definition) is 1. The van der Waals surface area contributed by atoms with Crippen LogP contribution in [0.3, 0.4) is 0 Å². The van der Waals surface area contributed by atoms with E-state index in [0.717, 1.165) is 17.6 Å². The van der Waals surface area contributed by atoms with Crippen molar-refractivity contribution in [3.63, 3.8) is 0 Å². The average Bonchev–Trinajstić information content (AvgIpc) is 2.74. The summed E-state index contributed by atoms with van der Waals surface area (Å²) in [4.78, 5) is 20.2. The minimum absolute atomic E-state index is 0.0168. The van der Waals surface area contributed by atoms with Gasteiger partial charge in [0.1, 0.15) is 34.2 Å². The molecule has 0 atom stereocenters. The van der Waals surface area contributed by atoms with E-state index in [1.807, 2.05) is 31.2 Å². The highest BCUT2D eigenvalue weighted by Crippen LogP contribution is 2.36. The topological polar surface area (TPSA) is 100 Å². The van der Waals surface area contributed by atoms with Crippen LogP contribution in [0.15, 0.2) is 54.8 Å². The Kier molecular flexibility index (Phi) is 6.71. The van der Waals surface area contributed by atoms with Crippen LogP contribution in [0.2, 0.25) is 0 Å².